The first-order chi connectivity index (χ1) is 10.1. The van der Waals surface area contributed by atoms with Crippen molar-refractivity contribution in [2.75, 3.05) is 24.3 Å². The van der Waals surface area contributed by atoms with Crippen molar-refractivity contribution in [2.45, 2.75) is 6.92 Å². The Morgan fingerprint density at radius 3 is 2.33 bits per heavy atom. The van der Waals surface area contributed by atoms with Crippen molar-refractivity contribution in [2.24, 2.45) is 4.99 Å². The van der Waals surface area contributed by atoms with Gasteiger partial charge in [0.15, 0.2) is 0 Å². The average molecular weight is 282 g/mol. The number of nitrogens with one attached hydrogen (secondary N) is 1. The van der Waals surface area contributed by atoms with E-state index in [4.69, 9.17) is 0 Å². The van der Waals surface area contributed by atoms with Gasteiger partial charge in [0, 0.05) is 43.4 Å². The largest absolute Gasteiger partial charge is 0.334 e. The van der Waals surface area contributed by atoms with Gasteiger partial charge in [0.25, 0.3) is 5.91 Å². The van der Waals surface area contributed by atoms with Crippen LogP contribution in [0.3, 0.4) is 0 Å². The third-order valence-electron chi connectivity index (χ3n) is 3.26. The van der Waals surface area contributed by atoms with Gasteiger partial charge in [-0.2, -0.15) is 0 Å². The predicted octanol–water partition coefficient (Wildman–Crippen LogP) is 2.82. The van der Waals surface area contributed by atoms with Crippen LogP contribution in [0, 0.1) is 0 Å². The molecule has 1 aromatic carbocycles. The molecule has 0 saturated carbocycles. The van der Waals surface area contributed by atoms with Crippen LogP contribution in [0.5, 0.6) is 0 Å². The van der Waals surface area contributed by atoms with Gasteiger partial charge in [-0.15, -0.1) is 0 Å². The van der Waals surface area contributed by atoms with Gasteiger partial charge in [-0.1, -0.05) is 0 Å². The lowest BCUT2D eigenvalue weighted by Crippen LogP contribution is -2.23. The number of amidine groups is 1. The molecule has 0 aliphatic heterocycles. The number of aromatic nitrogens is 1. The molecular formula is C16H18N4O. The second kappa shape index (κ2) is 6.65. The van der Waals surface area contributed by atoms with Crippen molar-refractivity contribution in [1.29, 1.82) is 0 Å². The van der Waals surface area contributed by atoms with E-state index in [2.05, 4.69) is 15.3 Å². The van der Waals surface area contributed by atoms with Crippen molar-refractivity contribution in [3.63, 3.8) is 0 Å². The van der Waals surface area contributed by atoms with Crippen LogP contribution in [0.25, 0.3) is 0 Å². The Balaban J connectivity index is 2.08. The van der Waals surface area contributed by atoms with Crippen LogP contribution < -0.4 is 10.2 Å². The fraction of sp³-hybridized carbons (Fsp3) is 0.188. The Kier molecular flexibility index (Phi) is 4.66. The van der Waals surface area contributed by atoms with E-state index in [0.29, 0.717) is 5.56 Å². The Morgan fingerprint density at radius 1 is 1.14 bits per heavy atom. The molecular weight excluding hydrogens is 264 g/mol. The van der Waals surface area contributed by atoms with E-state index >= 15 is 0 Å². The fourth-order valence-corrected chi connectivity index (χ4v) is 1.81. The lowest BCUT2D eigenvalue weighted by molar-refractivity contribution is 0.102. The summed E-state index contributed by atoms with van der Waals surface area (Å²) in [5.74, 6) is 0.772. The van der Waals surface area contributed by atoms with Crippen molar-refractivity contribution in [3.05, 3.63) is 54.4 Å². The second-order valence-corrected chi connectivity index (χ2v) is 4.57. The van der Waals surface area contributed by atoms with Crippen molar-refractivity contribution < 1.29 is 4.79 Å². The lowest BCUT2D eigenvalue weighted by atomic mass is 10.2. The standard InChI is InChI=1S/C16H18N4O/c1-12(17-2)20(3)15-6-4-14(5-7-15)19-16(21)13-8-10-18-11-9-13/h4-11H,1-3H3,(H,19,21). The van der Waals surface area contributed by atoms with Gasteiger partial charge in [-0.25, -0.2) is 0 Å². The molecule has 0 saturated heterocycles. The van der Waals surface area contributed by atoms with E-state index in [-0.39, 0.29) is 5.91 Å². The number of aliphatic imine (C=N–C) groups is 1. The van der Waals surface area contributed by atoms with E-state index in [0.717, 1.165) is 17.2 Å². The molecule has 0 spiro atoms. The minimum Gasteiger partial charge on any atom is -0.334 e. The quantitative estimate of drug-likeness (QED) is 0.695. The van der Waals surface area contributed by atoms with E-state index in [1.54, 1.807) is 31.6 Å². The maximum atomic E-state index is 12.0. The SMILES string of the molecule is CN=C(C)N(C)c1ccc(NC(=O)c2ccncc2)cc1. The first-order valence-electron chi connectivity index (χ1n) is 6.60. The molecule has 0 aliphatic carbocycles. The van der Waals surface area contributed by atoms with Gasteiger partial charge < -0.3 is 10.2 Å². The number of hydrogen-bond acceptors (Lipinski definition) is 3. The smallest absolute Gasteiger partial charge is 0.255 e. The summed E-state index contributed by atoms with van der Waals surface area (Å²) >= 11 is 0. The molecule has 1 heterocycles. The van der Waals surface area contributed by atoms with Crippen LogP contribution in [-0.4, -0.2) is 30.8 Å². The highest BCUT2D eigenvalue weighted by atomic mass is 16.1. The Morgan fingerprint density at radius 2 is 1.76 bits per heavy atom. The molecule has 0 atom stereocenters. The van der Waals surface area contributed by atoms with Crippen LogP contribution in [0.15, 0.2) is 53.8 Å². The first-order valence-corrected chi connectivity index (χ1v) is 6.60. The van der Waals surface area contributed by atoms with Gasteiger partial charge in [0.05, 0.1) is 5.84 Å². The minimum atomic E-state index is -0.148. The highest BCUT2D eigenvalue weighted by Crippen LogP contribution is 2.17. The third kappa shape index (κ3) is 3.66. The van der Waals surface area contributed by atoms with Gasteiger partial charge in [-0.3, -0.25) is 14.8 Å². The number of anilines is 2. The Bertz CT molecular complexity index is 635. The number of benzene rings is 1. The first kappa shape index (κ1) is 14.7. The Labute approximate surface area is 124 Å². The zero-order valence-corrected chi connectivity index (χ0v) is 12.4. The fourth-order valence-electron chi connectivity index (χ4n) is 1.81. The number of pyridine rings is 1. The molecule has 2 rings (SSSR count). The summed E-state index contributed by atoms with van der Waals surface area (Å²) in [6, 6.07) is 11.0. The molecule has 1 aromatic heterocycles. The molecule has 0 aliphatic rings. The molecule has 0 bridgehead atoms. The van der Waals surface area contributed by atoms with Gasteiger partial charge in [-0.05, 0) is 43.3 Å². The topological polar surface area (TPSA) is 57.6 Å². The zero-order chi connectivity index (χ0) is 15.2. The average Bonchev–Trinajstić information content (AvgIpc) is 2.55. The number of carbonyl (C=O) groups excluding carboxylic acids is 1. The van der Waals surface area contributed by atoms with Gasteiger partial charge in [0.2, 0.25) is 0 Å². The number of carbonyl (C=O) groups is 1. The van der Waals surface area contributed by atoms with E-state index in [9.17, 15) is 4.79 Å². The number of amides is 1. The Hall–Kier alpha value is -2.69. The minimum absolute atomic E-state index is 0.148. The normalized spacial score (nSPS) is 11.1. The molecule has 1 N–H and O–H groups in total. The zero-order valence-electron chi connectivity index (χ0n) is 12.4. The number of hydrogen-bond donors (Lipinski definition) is 1. The molecule has 21 heavy (non-hydrogen) atoms. The maximum Gasteiger partial charge on any atom is 0.255 e. The molecule has 1 amide bonds. The third-order valence-corrected chi connectivity index (χ3v) is 3.26. The van der Waals surface area contributed by atoms with Crippen molar-refractivity contribution in [1.82, 2.24) is 4.98 Å². The molecule has 2 aromatic rings. The maximum absolute atomic E-state index is 12.0. The van der Waals surface area contributed by atoms with Crippen LogP contribution in [-0.2, 0) is 0 Å². The lowest BCUT2D eigenvalue weighted by Gasteiger charge is -2.18. The van der Waals surface area contributed by atoms with Gasteiger partial charge in [0.1, 0.15) is 0 Å². The summed E-state index contributed by atoms with van der Waals surface area (Å²) in [5, 5.41) is 2.85. The van der Waals surface area contributed by atoms with E-state index in [1.807, 2.05) is 43.1 Å². The van der Waals surface area contributed by atoms with Crippen LogP contribution in [0.2, 0.25) is 0 Å². The molecule has 5 nitrogen and oxygen atoms in total. The van der Waals surface area contributed by atoms with E-state index < -0.39 is 0 Å². The second-order valence-electron chi connectivity index (χ2n) is 4.57. The summed E-state index contributed by atoms with van der Waals surface area (Å²) in [7, 11) is 3.71. The van der Waals surface area contributed by atoms with Crippen molar-refractivity contribution >= 4 is 23.1 Å². The van der Waals surface area contributed by atoms with Crippen LogP contribution >= 0.6 is 0 Å². The van der Waals surface area contributed by atoms with Crippen LogP contribution in [0.4, 0.5) is 11.4 Å². The molecule has 0 fully saturated rings. The highest BCUT2D eigenvalue weighted by molar-refractivity contribution is 6.04. The molecule has 0 unspecified atom stereocenters. The molecule has 108 valence electrons. The summed E-state index contributed by atoms with van der Waals surface area (Å²) in [4.78, 5) is 22.0. The van der Waals surface area contributed by atoms with Crippen LogP contribution in [0.1, 0.15) is 17.3 Å². The number of rotatable bonds is 3. The predicted molar refractivity (Wildman–Crippen MR) is 86.1 cm³/mol. The van der Waals surface area contributed by atoms with Gasteiger partial charge >= 0.3 is 0 Å². The molecule has 0 radical (unpaired) electrons. The summed E-state index contributed by atoms with van der Waals surface area (Å²) in [6.07, 6.45) is 3.19. The summed E-state index contributed by atoms with van der Waals surface area (Å²) < 4.78 is 0. The van der Waals surface area contributed by atoms with E-state index in [1.165, 1.54) is 0 Å². The summed E-state index contributed by atoms with van der Waals surface area (Å²) in [6.45, 7) is 1.94. The highest BCUT2D eigenvalue weighted by Gasteiger charge is 2.07. The summed E-state index contributed by atoms with van der Waals surface area (Å²) in [5.41, 5.74) is 2.35. The van der Waals surface area contributed by atoms with Crippen molar-refractivity contribution in [3.8, 4) is 0 Å². The monoisotopic (exact) mass is 282 g/mol. The molecule has 5 heteroatoms. The number of nitrogens with zero attached hydrogens (tertiary/aromatic N) is 3.